The molecule has 1 aliphatic heterocycles. The molecule has 0 aromatic heterocycles. The van der Waals surface area contributed by atoms with Crippen molar-refractivity contribution in [3.63, 3.8) is 0 Å². The Bertz CT molecular complexity index is 1420. The third kappa shape index (κ3) is 2.29. The molecule has 132 valence electrons. The first-order chi connectivity index (χ1) is 12.9. The number of hydrogen-bond acceptors (Lipinski definition) is 3. The fourth-order valence-corrected chi connectivity index (χ4v) is 5.98. The number of carbonyl (C=O) groups is 1. The lowest BCUT2D eigenvalue weighted by atomic mass is 10.0. The van der Waals surface area contributed by atoms with Gasteiger partial charge in [0.2, 0.25) is 5.78 Å². The normalized spacial score (nSPS) is 15.9. The van der Waals surface area contributed by atoms with Gasteiger partial charge in [-0.1, -0.05) is 52.6 Å². The molecule has 0 amide bonds. The molecule has 27 heavy (non-hydrogen) atoms. The molecule has 0 spiro atoms. The van der Waals surface area contributed by atoms with Gasteiger partial charge in [0.15, 0.2) is 5.43 Å². The van der Waals surface area contributed by atoms with Crippen LogP contribution in [0.1, 0.15) is 15.9 Å². The second-order valence-corrected chi connectivity index (χ2v) is 8.80. The predicted octanol–water partition coefficient (Wildman–Crippen LogP) is 5.88. The van der Waals surface area contributed by atoms with Gasteiger partial charge in [-0.05, 0) is 48.2 Å². The molecule has 0 unspecified atom stereocenters. The van der Waals surface area contributed by atoms with Gasteiger partial charge in [0, 0.05) is 46.9 Å². The summed E-state index contributed by atoms with van der Waals surface area (Å²) in [6.45, 7) is 1.85. The number of fused-ring (bicyclic) bond motifs is 1. The minimum atomic E-state index is -0.179. The van der Waals surface area contributed by atoms with E-state index >= 15 is 0 Å². The van der Waals surface area contributed by atoms with E-state index in [9.17, 15) is 9.59 Å². The van der Waals surface area contributed by atoms with Crippen LogP contribution in [0.15, 0.2) is 46.1 Å². The van der Waals surface area contributed by atoms with Gasteiger partial charge in [-0.25, -0.2) is 0 Å². The van der Waals surface area contributed by atoms with E-state index in [2.05, 4.69) is 0 Å². The standard InChI is InChI=1S/C21H9Cl3O2S/c1-8-6-9(22)7-14-15(8)20(26)21(27-14)17-10-2-4-12(23)18-13(24)5-3-11(16(10)18)19(17)25/h2-7H,1H3/b21-17+. The lowest BCUT2D eigenvalue weighted by Crippen LogP contribution is -2.23. The van der Waals surface area contributed by atoms with Crippen molar-refractivity contribution in [2.45, 2.75) is 11.8 Å². The van der Waals surface area contributed by atoms with Crippen LogP contribution < -0.4 is 10.6 Å². The lowest BCUT2D eigenvalue weighted by Gasteiger charge is -2.03. The van der Waals surface area contributed by atoms with Crippen molar-refractivity contribution in [1.82, 2.24) is 0 Å². The van der Waals surface area contributed by atoms with Crippen molar-refractivity contribution >= 4 is 78.8 Å². The number of carbonyl (C=O) groups excluding carboxylic acids is 1. The fraction of sp³-hybridized carbons (Fsp3) is 0.0476. The maximum atomic E-state index is 13.2. The highest BCUT2D eigenvalue weighted by Gasteiger charge is 2.31. The monoisotopic (exact) mass is 430 g/mol. The number of benzene rings is 3. The molecular weight excluding hydrogens is 423 g/mol. The van der Waals surface area contributed by atoms with E-state index in [1.165, 1.54) is 11.8 Å². The van der Waals surface area contributed by atoms with Gasteiger partial charge < -0.3 is 0 Å². The smallest absolute Gasteiger partial charge is 0.201 e. The van der Waals surface area contributed by atoms with Crippen LogP contribution in [-0.4, -0.2) is 5.78 Å². The second-order valence-electron chi connectivity index (χ2n) is 6.50. The summed E-state index contributed by atoms with van der Waals surface area (Å²) in [6.07, 6.45) is 0. The Morgan fingerprint density at radius 3 is 2.22 bits per heavy atom. The number of rotatable bonds is 0. The van der Waals surface area contributed by atoms with Crippen molar-refractivity contribution in [1.29, 1.82) is 0 Å². The zero-order valence-electron chi connectivity index (χ0n) is 13.8. The second kappa shape index (κ2) is 5.86. The summed E-state index contributed by atoms with van der Waals surface area (Å²) in [5, 5.41) is 4.52. The van der Waals surface area contributed by atoms with Crippen molar-refractivity contribution in [3.8, 4) is 0 Å². The Labute approximate surface area is 173 Å². The van der Waals surface area contributed by atoms with Crippen molar-refractivity contribution < 1.29 is 4.79 Å². The quantitative estimate of drug-likeness (QED) is 0.349. The molecular formula is C21H9Cl3O2S. The van der Waals surface area contributed by atoms with E-state index in [0.717, 1.165) is 10.5 Å². The summed E-state index contributed by atoms with van der Waals surface area (Å²) in [5.74, 6) is -0.144. The van der Waals surface area contributed by atoms with Crippen LogP contribution in [0, 0.1) is 6.92 Å². The summed E-state index contributed by atoms with van der Waals surface area (Å²) in [7, 11) is 0. The molecule has 0 radical (unpaired) electrons. The van der Waals surface area contributed by atoms with Gasteiger partial charge in [-0.15, -0.1) is 0 Å². The van der Waals surface area contributed by atoms with Gasteiger partial charge in [-0.3, -0.25) is 9.59 Å². The van der Waals surface area contributed by atoms with Gasteiger partial charge >= 0.3 is 0 Å². The predicted molar refractivity (Wildman–Crippen MR) is 114 cm³/mol. The molecule has 0 atom stereocenters. The van der Waals surface area contributed by atoms with E-state index in [1.54, 1.807) is 36.4 Å². The molecule has 2 nitrogen and oxygen atoms in total. The number of thioether (sulfide) groups is 1. The molecule has 0 saturated heterocycles. The van der Waals surface area contributed by atoms with E-state index in [1.807, 2.05) is 6.92 Å². The molecule has 4 aromatic rings. The molecule has 1 aliphatic rings. The number of ketones is 1. The van der Waals surface area contributed by atoms with E-state index < -0.39 is 0 Å². The number of halogens is 3. The SMILES string of the molecule is Cc1cc(Cl)cc2c1C(=O)/C(=c1\c(=O)c3ccc(Cl)c4c(Cl)ccc1c43)S2. The Kier molecular flexibility index (Phi) is 3.76. The summed E-state index contributed by atoms with van der Waals surface area (Å²) < 4.78 is 0. The van der Waals surface area contributed by atoms with Crippen molar-refractivity contribution in [3.05, 3.63) is 78.0 Å². The topological polar surface area (TPSA) is 34.1 Å². The van der Waals surface area contributed by atoms with Gasteiger partial charge in [0.1, 0.15) is 0 Å². The lowest BCUT2D eigenvalue weighted by molar-refractivity contribution is 0.105. The van der Waals surface area contributed by atoms with Crippen LogP contribution in [0.4, 0.5) is 0 Å². The molecule has 6 heteroatoms. The van der Waals surface area contributed by atoms with E-state index in [4.69, 9.17) is 34.8 Å². The molecule has 0 bridgehead atoms. The average molecular weight is 432 g/mol. The van der Waals surface area contributed by atoms with Crippen molar-refractivity contribution in [2.24, 2.45) is 0 Å². The van der Waals surface area contributed by atoms with Crippen LogP contribution in [0.25, 0.3) is 26.5 Å². The van der Waals surface area contributed by atoms with Gasteiger partial charge in [0.05, 0.1) is 4.91 Å². The van der Waals surface area contributed by atoms with Crippen LogP contribution in [0.5, 0.6) is 0 Å². The highest BCUT2D eigenvalue weighted by Crippen LogP contribution is 2.44. The summed E-state index contributed by atoms with van der Waals surface area (Å²) in [6, 6.07) is 10.4. The maximum absolute atomic E-state index is 13.2. The minimum absolute atomic E-state index is 0.144. The number of hydrogen-bond donors (Lipinski definition) is 0. The van der Waals surface area contributed by atoms with Gasteiger partial charge in [0.25, 0.3) is 0 Å². The molecule has 0 aliphatic carbocycles. The maximum Gasteiger partial charge on any atom is 0.201 e. The first kappa shape index (κ1) is 17.3. The molecule has 5 rings (SSSR count). The number of aryl methyl sites for hydroxylation is 1. The molecule has 0 saturated carbocycles. The van der Waals surface area contributed by atoms with Crippen LogP contribution in [0.3, 0.4) is 0 Å². The molecule has 1 heterocycles. The van der Waals surface area contributed by atoms with Crippen LogP contribution >= 0.6 is 46.6 Å². The first-order valence-electron chi connectivity index (χ1n) is 8.11. The molecule has 0 fully saturated rings. The average Bonchev–Trinajstić information content (AvgIpc) is 3.07. The van der Waals surface area contributed by atoms with E-state index in [0.29, 0.717) is 52.3 Å². The zero-order chi connectivity index (χ0) is 19.0. The summed E-state index contributed by atoms with van der Waals surface area (Å²) in [4.78, 5) is 27.5. The highest BCUT2D eigenvalue weighted by molar-refractivity contribution is 8.10. The Hall–Kier alpha value is -1.78. The number of Topliss-reactive ketones (excluding diaryl/α,β-unsaturated/α-hetero) is 1. The molecule has 0 N–H and O–H groups in total. The summed E-state index contributed by atoms with van der Waals surface area (Å²) in [5.41, 5.74) is 1.23. The van der Waals surface area contributed by atoms with Crippen molar-refractivity contribution in [2.75, 3.05) is 0 Å². The zero-order valence-corrected chi connectivity index (χ0v) is 16.9. The van der Waals surface area contributed by atoms with Crippen LogP contribution in [-0.2, 0) is 0 Å². The largest absolute Gasteiger partial charge is 0.289 e. The van der Waals surface area contributed by atoms with E-state index in [-0.39, 0.29) is 11.2 Å². The van der Waals surface area contributed by atoms with Gasteiger partial charge in [-0.2, -0.15) is 0 Å². The third-order valence-corrected chi connectivity index (χ3v) is 6.92. The summed E-state index contributed by atoms with van der Waals surface area (Å²) >= 11 is 20.1. The fourth-order valence-electron chi connectivity index (χ4n) is 3.81. The Balaban J connectivity index is 1.97. The minimum Gasteiger partial charge on any atom is -0.289 e. The molecule has 4 aromatic carbocycles. The first-order valence-corrected chi connectivity index (χ1v) is 10.1. The Morgan fingerprint density at radius 1 is 0.852 bits per heavy atom. The highest BCUT2D eigenvalue weighted by atomic mass is 35.5. The Morgan fingerprint density at radius 2 is 1.52 bits per heavy atom. The third-order valence-electron chi connectivity index (χ3n) is 4.94. The van der Waals surface area contributed by atoms with Crippen LogP contribution in [0.2, 0.25) is 15.1 Å².